The van der Waals surface area contributed by atoms with Gasteiger partial charge >= 0.3 is 0 Å². The van der Waals surface area contributed by atoms with E-state index in [0.29, 0.717) is 22.7 Å². The Balaban J connectivity index is 1.20. The van der Waals surface area contributed by atoms with Gasteiger partial charge in [-0.1, -0.05) is 35.9 Å². The van der Waals surface area contributed by atoms with Gasteiger partial charge in [-0.15, -0.1) is 0 Å². The standard InChI is InChI=1S/C25H26ClN3O3/c26-18-9-15-21(16-10-18)31-17-24(30)28-20-13-11-19(12-14-20)27-23-7-4-8-25(29-23)32-22-5-2-1-3-6-22/h1-10,15-16,19-20H,11-14,17H2,(H,27,29)(H,28,30). The molecule has 166 valence electrons. The van der Waals surface area contributed by atoms with Crippen LogP contribution in [0.3, 0.4) is 0 Å². The van der Waals surface area contributed by atoms with E-state index in [4.69, 9.17) is 21.1 Å². The summed E-state index contributed by atoms with van der Waals surface area (Å²) >= 11 is 5.86. The topological polar surface area (TPSA) is 72.5 Å². The molecule has 3 aromatic rings. The van der Waals surface area contributed by atoms with Crippen LogP contribution in [0.1, 0.15) is 25.7 Å². The fourth-order valence-corrected chi connectivity index (χ4v) is 3.83. The molecule has 32 heavy (non-hydrogen) atoms. The lowest BCUT2D eigenvalue weighted by Gasteiger charge is -2.30. The maximum Gasteiger partial charge on any atom is 0.258 e. The third kappa shape index (κ3) is 6.62. The molecule has 0 aliphatic heterocycles. The number of halogens is 1. The van der Waals surface area contributed by atoms with Crippen LogP contribution in [0.4, 0.5) is 5.82 Å². The number of pyridine rings is 1. The smallest absolute Gasteiger partial charge is 0.258 e. The number of hydrogen-bond donors (Lipinski definition) is 2. The van der Waals surface area contributed by atoms with Crippen molar-refractivity contribution in [2.75, 3.05) is 11.9 Å². The molecule has 2 N–H and O–H groups in total. The molecule has 0 unspecified atom stereocenters. The summed E-state index contributed by atoms with van der Waals surface area (Å²) in [7, 11) is 0. The molecule has 1 fully saturated rings. The number of amides is 1. The minimum absolute atomic E-state index is 0.00205. The van der Waals surface area contributed by atoms with Crippen LogP contribution in [-0.4, -0.2) is 29.6 Å². The second kappa shape index (κ2) is 10.9. The molecule has 0 spiro atoms. The zero-order valence-electron chi connectivity index (χ0n) is 17.7. The summed E-state index contributed by atoms with van der Waals surface area (Å²) in [4.78, 5) is 16.8. The van der Waals surface area contributed by atoms with Gasteiger partial charge in [-0.2, -0.15) is 4.98 Å². The Morgan fingerprint density at radius 3 is 2.34 bits per heavy atom. The number of benzene rings is 2. The lowest BCUT2D eigenvalue weighted by Crippen LogP contribution is -2.42. The van der Waals surface area contributed by atoms with E-state index in [2.05, 4.69) is 15.6 Å². The van der Waals surface area contributed by atoms with Gasteiger partial charge in [0.05, 0.1) is 0 Å². The Morgan fingerprint density at radius 1 is 0.875 bits per heavy atom. The van der Waals surface area contributed by atoms with Crippen LogP contribution in [0.5, 0.6) is 17.4 Å². The molecule has 1 heterocycles. The van der Waals surface area contributed by atoms with Gasteiger partial charge in [-0.05, 0) is 68.1 Å². The zero-order chi connectivity index (χ0) is 22.2. The Kier molecular flexibility index (Phi) is 7.46. The Hall–Kier alpha value is -3.25. The van der Waals surface area contributed by atoms with Crippen molar-refractivity contribution < 1.29 is 14.3 Å². The number of ether oxygens (including phenoxy) is 2. The molecule has 0 atom stereocenters. The van der Waals surface area contributed by atoms with Gasteiger partial charge in [0.2, 0.25) is 5.88 Å². The lowest BCUT2D eigenvalue weighted by atomic mass is 9.91. The van der Waals surface area contributed by atoms with Crippen LogP contribution in [0.15, 0.2) is 72.8 Å². The molecule has 6 nitrogen and oxygen atoms in total. The summed E-state index contributed by atoms with van der Waals surface area (Å²) in [5.41, 5.74) is 0. The first kappa shape index (κ1) is 22.0. The molecule has 1 aromatic heterocycles. The van der Waals surface area contributed by atoms with Crippen molar-refractivity contribution in [3.8, 4) is 17.4 Å². The molecular formula is C25H26ClN3O3. The van der Waals surface area contributed by atoms with Crippen molar-refractivity contribution in [1.29, 1.82) is 0 Å². The van der Waals surface area contributed by atoms with Gasteiger partial charge < -0.3 is 20.1 Å². The minimum Gasteiger partial charge on any atom is -0.484 e. The van der Waals surface area contributed by atoms with E-state index >= 15 is 0 Å². The van der Waals surface area contributed by atoms with E-state index in [1.807, 2.05) is 48.5 Å². The predicted molar refractivity (Wildman–Crippen MR) is 126 cm³/mol. The second-order valence-corrected chi connectivity index (χ2v) is 8.22. The maximum absolute atomic E-state index is 12.2. The molecule has 0 saturated heterocycles. The largest absolute Gasteiger partial charge is 0.484 e. The molecule has 4 rings (SSSR count). The Labute approximate surface area is 192 Å². The van der Waals surface area contributed by atoms with Crippen molar-refractivity contribution in [3.05, 3.63) is 77.8 Å². The van der Waals surface area contributed by atoms with Crippen molar-refractivity contribution in [2.45, 2.75) is 37.8 Å². The molecule has 1 aliphatic rings. The molecule has 2 aromatic carbocycles. The van der Waals surface area contributed by atoms with Crippen LogP contribution < -0.4 is 20.1 Å². The number of rotatable bonds is 8. The van der Waals surface area contributed by atoms with Gasteiger partial charge in [0.25, 0.3) is 5.91 Å². The summed E-state index contributed by atoms with van der Waals surface area (Å²) in [5.74, 6) is 2.63. The number of hydrogen-bond acceptors (Lipinski definition) is 5. The van der Waals surface area contributed by atoms with Gasteiger partial charge in [-0.25, -0.2) is 0 Å². The lowest BCUT2D eigenvalue weighted by molar-refractivity contribution is -0.124. The van der Waals surface area contributed by atoms with Crippen LogP contribution >= 0.6 is 11.6 Å². The van der Waals surface area contributed by atoms with Gasteiger partial charge in [0, 0.05) is 23.2 Å². The summed E-state index contributed by atoms with van der Waals surface area (Å²) in [5, 5.41) is 7.20. The third-order valence-electron chi connectivity index (χ3n) is 5.32. The van der Waals surface area contributed by atoms with Crippen molar-refractivity contribution >= 4 is 23.3 Å². The van der Waals surface area contributed by atoms with Crippen molar-refractivity contribution in [1.82, 2.24) is 10.3 Å². The summed E-state index contributed by atoms with van der Waals surface area (Å²) < 4.78 is 11.3. The molecule has 1 saturated carbocycles. The number of para-hydroxylation sites is 1. The minimum atomic E-state index is -0.108. The second-order valence-electron chi connectivity index (χ2n) is 7.78. The first-order chi connectivity index (χ1) is 15.6. The summed E-state index contributed by atoms with van der Waals surface area (Å²) in [6.45, 7) is -0.00205. The van der Waals surface area contributed by atoms with E-state index < -0.39 is 0 Å². The summed E-state index contributed by atoms with van der Waals surface area (Å²) in [6.07, 6.45) is 3.72. The van der Waals surface area contributed by atoms with Crippen molar-refractivity contribution in [3.63, 3.8) is 0 Å². The molecule has 1 amide bonds. The fraction of sp³-hybridized carbons (Fsp3) is 0.280. The van der Waals surface area contributed by atoms with Gasteiger partial charge in [-0.3, -0.25) is 4.79 Å². The van der Waals surface area contributed by atoms with E-state index in [1.54, 1.807) is 24.3 Å². The van der Waals surface area contributed by atoms with Crippen LogP contribution in [-0.2, 0) is 4.79 Å². The normalized spacial score (nSPS) is 17.9. The molecule has 0 bridgehead atoms. The summed E-state index contributed by atoms with van der Waals surface area (Å²) in [6, 6.07) is 22.8. The number of nitrogens with one attached hydrogen (secondary N) is 2. The predicted octanol–water partition coefficient (Wildman–Crippen LogP) is 5.45. The van der Waals surface area contributed by atoms with E-state index in [0.717, 1.165) is 37.3 Å². The number of aromatic nitrogens is 1. The Morgan fingerprint density at radius 2 is 1.59 bits per heavy atom. The van der Waals surface area contributed by atoms with Gasteiger partial charge in [0.15, 0.2) is 6.61 Å². The van der Waals surface area contributed by atoms with Crippen LogP contribution in [0.2, 0.25) is 5.02 Å². The number of nitrogens with zero attached hydrogens (tertiary/aromatic N) is 1. The molecule has 1 aliphatic carbocycles. The highest BCUT2D eigenvalue weighted by molar-refractivity contribution is 6.30. The highest BCUT2D eigenvalue weighted by atomic mass is 35.5. The monoisotopic (exact) mass is 451 g/mol. The number of carbonyl (C=O) groups is 1. The number of carbonyl (C=O) groups excluding carboxylic acids is 1. The van der Waals surface area contributed by atoms with E-state index in [-0.39, 0.29) is 18.6 Å². The Bertz CT molecular complexity index is 1010. The fourth-order valence-electron chi connectivity index (χ4n) is 3.70. The van der Waals surface area contributed by atoms with Crippen LogP contribution in [0.25, 0.3) is 0 Å². The molecule has 7 heteroatoms. The highest BCUT2D eigenvalue weighted by Crippen LogP contribution is 2.24. The van der Waals surface area contributed by atoms with Gasteiger partial charge in [0.1, 0.15) is 17.3 Å². The maximum atomic E-state index is 12.2. The van der Waals surface area contributed by atoms with E-state index in [9.17, 15) is 4.79 Å². The SMILES string of the molecule is O=C(COc1ccc(Cl)cc1)NC1CCC(Nc2cccc(Oc3ccccc3)n2)CC1. The quantitative estimate of drug-likeness (QED) is 0.476. The average molecular weight is 452 g/mol. The van der Waals surface area contributed by atoms with Crippen molar-refractivity contribution in [2.24, 2.45) is 0 Å². The first-order valence-electron chi connectivity index (χ1n) is 10.8. The van der Waals surface area contributed by atoms with E-state index in [1.165, 1.54) is 0 Å². The van der Waals surface area contributed by atoms with Crippen LogP contribution in [0, 0.1) is 0 Å². The zero-order valence-corrected chi connectivity index (χ0v) is 18.4. The molecule has 0 radical (unpaired) electrons. The average Bonchev–Trinajstić information content (AvgIpc) is 2.81. The number of anilines is 1. The first-order valence-corrected chi connectivity index (χ1v) is 11.2. The highest BCUT2D eigenvalue weighted by Gasteiger charge is 2.22. The molecular weight excluding hydrogens is 426 g/mol. The third-order valence-corrected chi connectivity index (χ3v) is 5.57.